The van der Waals surface area contributed by atoms with Gasteiger partial charge in [0.25, 0.3) is 5.91 Å². The highest BCUT2D eigenvalue weighted by molar-refractivity contribution is 7.14. The quantitative estimate of drug-likeness (QED) is 0.417. The van der Waals surface area contributed by atoms with E-state index in [0.717, 1.165) is 5.56 Å². The number of hydrogen-bond acceptors (Lipinski definition) is 8. The summed E-state index contributed by atoms with van der Waals surface area (Å²) in [5.74, 6) is 0.835. The molecule has 9 nitrogen and oxygen atoms in total. The lowest BCUT2D eigenvalue weighted by molar-refractivity contribution is -0.385. The summed E-state index contributed by atoms with van der Waals surface area (Å²) in [7, 11) is 3.11. The maximum absolute atomic E-state index is 12.6. The van der Waals surface area contributed by atoms with Gasteiger partial charge in [-0.05, 0) is 31.2 Å². The minimum atomic E-state index is -0.584. The molecule has 1 heterocycles. The maximum Gasteiger partial charge on any atom is 0.311 e. The number of nitro groups is 1. The Hall–Kier alpha value is -3.66. The van der Waals surface area contributed by atoms with Gasteiger partial charge in [-0.3, -0.25) is 20.2 Å². The monoisotopic (exact) mass is 429 g/mol. The number of rotatable bonds is 8. The van der Waals surface area contributed by atoms with E-state index in [9.17, 15) is 14.9 Å². The third-order valence-electron chi connectivity index (χ3n) is 4.13. The zero-order chi connectivity index (χ0) is 21.7. The molecule has 1 aromatic heterocycles. The fraction of sp³-hybridized carbons (Fsp3) is 0.200. The van der Waals surface area contributed by atoms with Crippen molar-refractivity contribution in [1.82, 2.24) is 4.98 Å². The Morgan fingerprint density at radius 3 is 2.63 bits per heavy atom. The number of nitrogens with zero attached hydrogens (tertiary/aromatic N) is 2. The summed E-state index contributed by atoms with van der Waals surface area (Å²) >= 11 is 1.23. The summed E-state index contributed by atoms with van der Waals surface area (Å²) in [6.07, 6.45) is 0. The van der Waals surface area contributed by atoms with E-state index in [1.165, 1.54) is 29.5 Å². The molecule has 30 heavy (non-hydrogen) atoms. The normalized spacial score (nSPS) is 10.4. The summed E-state index contributed by atoms with van der Waals surface area (Å²) < 4.78 is 15.8. The van der Waals surface area contributed by atoms with E-state index in [1.54, 1.807) is 38.7 Å². The molecule has 3 rings (SSSR count). The molecule has 0 saturated heterocycles. The zero-order valence-corrected chi connectivity index (χ0v) is 17.3. The number of nitro benzene ring substituents is 1. The lowest BCUT2D eigenvalue weighted by Crippen LogP contribution is -2.12. The fourth-order valence-electron chi connectivity index (χ4n) is 2.71. The molecule has 2 aromatic carbocycles. The van der Waals surface area contributed by atoms with Crippen LogP contribution in [0.25, 0.3) is 11.3 Å². The van der Waals surface area contributed by atoms with E-state index >= 15 is 0 Å². The van der Waals surface area contributed by atoms with Crippen LogP contribution in [-0.4, -0.2) is 36.6 Å². The van der Waals surface area contributed by atoms with Crippen molar-refractivity contribution in [2.75, 3.05) is 26.1 Å². The Morgan fingerprint density at radius 2 is 1.97 bits per heavy atom. The number of nitrogens with one attached hydrogen (secondary N) is 1. The number of methoxy groups -OCH3 is 2. The molecule has 1 amide bonds. The molecule has 0 aliphatic heterocycles. The Kier molecular flexibility index (Phi) is 6.48. The first-order chi connectivity index (χ1) is 14.5. The van der Waals surface area contributed by atoms with Gasteiger partial charge in [-0.1, -0.05) is 0 Å². The van der Waals surface area contributed by atoms with Crippen LogP contribution in [0.2, 0.25) is 0 Å². The van der Waals surface area contributed by atoms with Crippen LogP contribution < -0.4 is 19.5 Å². The molecular formula is C20H19N3O6S. The molecule has 1 N–H and O–H groups in total. The first-order valence-electron chi connectivity index (χ1n) is 8.87. The van der Waals surface area contributed by atoms with E-state index < -0.39 is 10.8 Å². The van der Waals surface area contributed by atoms with Crippen LogP contribution in [-0.2, 0) is 0 Å². The molecule has 0 radical (unpaired) electrons. The van der Waals surface area contributed by atoms with Crippen molar-refractivity contribution in [1.29, 1.82) is 0 Å². The van der Waals surface area contributed by atoms with E-state index in [0.29, 0.717) is 22.3 Å². The average Bonchev–Trinajstić information content (AvgIpc) is 3.21. The van der Waals surface area contributed by atoms with Gasteiger partial charge in [-0.25, -0.2) is 4.98 Å². The number of aromatic nitrogens is 1. The molecule has 0 fully saturated rings. The molecule has 10 heteroatoms. The standard InChI is InChI=1S/C20H19N3O6S/c1-4-29-17-8-5-12(9-16(17)23(25)26)19(24)22-20-21-15(11-30-20)14-7-6-13(27-2)10-18(14)28-3/h5-11H,4H2,1-3H3,(H,21,22,24). The van der Waals surface area contributed by atoms with Gasteiger partial charge in [0.05, 0.1) is 31.4 Å². The number of thiazole rings is 1. The zero-order valence-electron chi connectivity index (χ0n) is 16.5. The number of benzene rings is 2. The summed E-state index contributed by atoms with van der Waals surface area (Å²) in [6, 6.07) is 9.40. The van der Waals surface area contributed by atoms with Crippen molar-refractivity contribution in [3.05, 3.63) is 57.5 Å². The Labute approximate surface area is 176 Å². The van der Waals surface area contributed by atoms with Crippen molar-refractivity contribution >= 4 is 28.1 Å². The van der Waals surface area contributed by atoms with E-state index in [2.05, 4.69) is 10.3 Å². The van der Waals surface area contributed by atoms with Gasteiger partial charge in [0.2, 0.25) is 0 Å². The lowest BCUT2D eigenvalue weighted by atomic mass is 10.1. The smallest absolute Gasteiger partial charge is 0.311 e. The number of ether oxygens (including phenoxy) is 3. The van der Waals surface area contributed by atoms with Crippen LogP contribution in [0.4, 0.5) is 10.8 Å². The Morgan fingerprint density at radius 1 is 1.17 bits per heavy atom. The van der Waals surface area contributed by atoms with Crippen molar-refractivity contribution in [2.24, 2.45) is 0 Å². The second-order valence-corrected chi connectivity index (χ2v) is 6.79. The van der Waals surface area contributed by atoms with E-state index in [1.807, 2.05) is 6.07 Å². The van der Waals surface area contributed by atoms with E-state index in [4.69, 9.17) is 14.2 Å². The number of hydrogen-bond donors (Lipinski definition) is 1. The van der Waals surface area contributed by atoms with Gasteiger partial charge in [-0.15, -0.1) is 11.3 Å². The average molecular weight is 429 g/mol. The summed E-state index contributed by atoms with van der Waals surface area (Å²) in [5.41, 5.74) is 1.22. The number of carbonyl (C=O) groups excluding carboxylic acids is 1. The second-order valence-electron chi connectivity index (χ2n) is 5.93. The molecule has 0 spiro atoms. The van der Waals surface area contributed by atoms with Gasteiger partial charge < -0.3 is 14.2 Å². The first kappa shape index (κ1) is 21.1. The van der Waals surface area contributed by atoms with Gasteiger partial charge in [0, 0.05) is 28.6 Å². The highest BCUT2D eigenvalue weighted by atomic mass is 32.1. The van der Waals surface area contributed by atoms with Crippen LogP contribution in [0, 0.1) is 10.1 Å². The summed E-state index contributed by atoms with van der Waals surface area (Å²) in [4.78, 5) is 27.7. The fourth-order valence-corrected chi connectivity index (χ4v) is 3.42. The van der Waals surface area contributed by atoms with Gasteiger partial charge >= 0.3 is 5.69 Å². The topological polar surface area (TPSA) is 113 Å². The third kappa shape index (κ3) is 4.49. The summed E-state index contributed by atoms with van der Waals surface area (Å²) in [6.45, 7) is 2.01. The minimum Gasteiger partial charge on any atom is -0.497 e. The van der Waals surface area contributed by atoms with Crippen molar-refractivity contribution in [3.63, 3.8) is 0 Å². The number of carbonyl (C=O) groups is 1. The van der Waals surface area contributed by atoms with Crippen LogP contribution in [0.3, 0.4) is 0 Å². The first-order valence-corrected chi connectivity index (χ1v) is 9.75. The molecular weight excluding hydrogens is 410 g/mol. The van der Waals surface area contributed by atoms with Crippen LogP contribution in [0.1, 0.15) is 17.3 Å². The molecule has 0 atom stereocenters. The lowest BCUT2D eigenvalue weighted by Gasteiger charge is -2.08. The highest BCUT2D eigenvalue weighted by Gasteiger charge is 2.20. The van der Waals surface area contributed by atoms with E-state index in [-0.39, 0.29) is 23.6 Å². The molecule has 3 aromatic rings. The van der Waals surface area contributed by atoms with Gasteiger partial charge in [0.1, 0.15) is 11.5 Å². The Bertz CT molecular complexity index is 1080. The largest absolute Gasteiger partial charge is 0.497 e. The molecule has 0 aliphatic rings. The van der Waals surface area contributed by atoms with Crippen LogP contribution in [0.15, 0.2) is 41.8 Å². The maximum atomic E-state index is 12.6. The molecule has 0 unspecified atom stereocenters. The van der Waals surface area contributed by atoms with Crippen molar-refractivity contribution in [3.8, 4) is 28.5 Å². The third-order valence-corrected chi connectivity index (χ3v) is 4.88. The van der Waals surface area contributed by atoms with Gasteiger partial charge in [0.15, 0.2) is 10.9 Å². The SMILES string of the molecule is CCOc1ccc(C(=O)Nc2nc(-c3ccc(OC)cc3OC)cs2)cc1[N+](=O)[O-]. The molecule has 0 bridgehead atoms. The highest BCUT2D eigenvalue weighted by Crippen LogP contribution is 2.35. The van der Waals surface area contributed by atoms with Crippen LogP contribution in [0.5, 0.6) is 17.2 Å². The van der Waals surface area contributed by atoms with Gasteiger partial charge in [-0.2, -0.15) is 0 Å². The van der Waals surface area contributed by atoms with Crippen molar-refractivity contribution < 1.29 is 23.9 Å². The molecule has 156 valence electrons. The van der Waals surface area contributed by atoms with Crippen LogP contribution >= 0.6 is 11.3 Å². The summed E-state index contributed by atoms with van der Waals surface area (Å²) in [5, 5.41) is 16.1. The van der Waals surface area contributed by atoms with Crippen molar-refractivity contribution in [2.45, 2.75) is 6.92 Å². The minimum absolute atomic E-state index is 0.113. The number of anilines is 1. The number of amides is 1. The molecule has 0 aliphatic carbocycles. The molecule has 0 saturated carbocycles. The predicted molar refractivity (Wildman–Crippen MR) is 113 cm³/mol. The Balaban J connectivity index is 1.82. The predicted octanol–water partition coefficient (Wildman–Crippen LogP) is 4.39. The second kappa shape index (κ2) is 9.23.